The van der Waals surface area contributed by atoms with Gasteiger partial charge >= 0.3 is 0 Å². The van der Waals surface area contributed by atoms with Crippen molar-refractivity contribution in [1.29, 1.82) is 0 Å². The van der Waals surface area contributed by atoms with Crippen LogP contribution in [0.2, 0.25) is 5.02 Å². The van der Waals surface area contributed by atoms with E-state index in [1.54, 1.807) is 4.90 Å². The van der Waals surface area contributed by atoms with E-state index < -0.39 is 0 Å². The second-order valence-corrected chi connectivity index (χ2v) is 5.25. The van der Waals surface area contributed by atoms with E-state index in [0.29, 0.717) is 24.6 Å². The van der Waals surface area contributed by atoms with Crippen molar-refractivity contribution in [3.05, 3.63) is 34.9 Å². The Balaban J connectivity index is 0.00000200. The highest BCUT2D eigenvalue weighted by atomic mass is 35.5. The van der Waals surface area contributed by atoms with E-state index in [0.717, 1.165) is 18.7 Å². The van der Waals surface area contributed by atoms with Gasteiger partial charge in [0.25, 0.3) is 0 Å². The van der Waals surface area contributed by atoms with Crippen molar-refractivity contribution in [3.8, 4) is 0 Å². The third kappa shape index (κ3) is 5.29. The second kappa shape index (κ2) is 8.47. The van der Waals surface area contributed by atoms with Gasteiger partial charge in [0, 0.05) is 37.6 Å². The number of ether oxygens (including phenoxy) is 1. The average Bonchev–Trinajstić information content (AvgIpc) is 2.40. The molecule has 1 saturated heterocycles. The minimum Gasteiger partial charge on any atom is -0.378 e. The van der Waals surface area contributed by atoms with Crippen LogP contribution in [0.3, 0.4) is 0 Å². The fourth-order valence-corrected chi connectivity index (χ4v) is 2.33. The first-order chi connectivity index (χ1) is 9.15. The molecule has 20 heavy (non-hydrogen) atoms. The molecule has 0 spiro atoms. The topological polar surface area (TPSA) is 41.6 Å². The Morgan fingerprint density at radius 1 is 1.55 bits per heavy atom. The van der Waals surface area contributed by atoms with Crippen LogP contribution in [0.4, 0.5) is 0 Å². The van der Waals surface area contributed by atoms with Crippen LogP contribution in [0.5, 0.6) is 0 Å². The molecule has 112 valence electrons. The molecule has 1 aromatic rings. The number of nitrogens with zero attached hydrogens (tertiary/aromatic N) is 1. The molecule has 0 aliphatic carbocycles. The number of carbonyl (C=O) groups excluding carboxylic acids is 1. The zero-order valence-corrected chi connectivity index (χ0v) is 13.0. The molecule has 4 nitrogen and oxygen atoms in total. The fraction of sp³-hybridized carbons (Fsp3) is 0.500. The van der Waals surface area contributed by atoms with Crippen molar-refractivity contribution in [2.75, 3.05) is 26.8 Å². The fourth-order valence-electron chi connectivity index (χ4n) is 2.11. The highest BCUT2D eigenvalue weighted by Gasteiger charge is 2.19. The molecule has 1 heterocycles. The molecule has 1 aliphatic heterocycles. The van der Waals surface area contributed by atoms with Gasteiger partial charge in [0.05, 0.1) is 13.2 Å². The Labute approximate surface area is 130 Å². The lowest BCUT2D eigenvalue weighted by atomic mass is 10.1. The quantitative estimate of drug-likeness (QED) is 0.924. The number of hydrogen-bond acceptors (Lipinski definition) is 3. The molecule has 2 rings (SSSR count). The summed E-state index contributed by atoms with van der Waals surface area (Å²) in [6, 6.07) is 7.70. The standard InChI is InChI=1S/C14H19ClN2O2.ClH/c1-17(9-11-3-2-4-12(15)7-11)14(18)8-13-10-19-6-5-16-13;/h2-4,7,13,16H,5-6,8-10H2,1H3;1H. The van der Waals surface area contributed by atoms with Gasteiger partial charge in [-0.25, -0.2) is 0 Å². The minimum atomic E-state index is 0. The number of morpholine rings is 1. The average molecular weight is 319 g/mol. The first-order valence-corrected chi connectivity index (χ1v) is 6.82. The van der Waals surface area contributed by atoms with Gasteiger partial charge in [-0.1, -0.05) is 23.7 Å². The molecule has 1 unspecified atom stereocenters. The van der Waals surface area contributed by atoms with Crippen LogP contribution in [0.25, 0.3) is 0 Å². The molecule has 0 bridgehead atoms. The lowest BCUT2D eigenvalue weighted by Gasteiger charge is -2.25. The number of nitrogens with one attached hydrogen (secondary N) is 1. The van der Waals surface area contributed by atoms with Crippen LogP contribution in [0, 0.1) is 0 Å². The smallest absolute Gasteiger partial charge is 0.224 e. The van der Waals surface area contributed by atoms with Crippen LogP contribution >= 0.6 is 24.0 Å². The van der Waals surface area contributed by atoms with Gasteiger partial charge in [-0.2, -0.15) is 0 Å². The molecule has 1 fully saturated rings. The molecule has 1 aliphatic rings. The molecular weight excluding hydrogens is 299 g/mol. The van der Waals surface area contributed by atoms with Crippen LogP contribution in [0.15, 0.2) is 24.3 Å². The van der Waals surface area contributed by atoms with Gasteiger partial charge in [0.1, 0.15) is 0 Å². The molecule has 0 saturated carbocycles. The highest BCUT2D eigenvalue weighted by molar-refractivity contribution is 6.30. The number of halogens is 2. The van der Waals surface area contributed by atoms with Crippen LogP contribution in [0.1, 0.15) is 12.0 Å². The summed E-state index contributed by atoms with van der Waals surface area (Å²) in [5.41, 5.74) is 1.04. The maximum atomic E-state index is 12.1. The lowest BCUT2D eigenvalue weighted by molar-refractivity contribution is -0.131. The third-order valence-electron chi connectivity index (χ3n) is 3.15. The van der Waals surface area contributed by atoms with Crippen LogP contribution < -0.4 is 5.32 Å². The summed E-state index contributed by atoms with van der Waals surface area (Å²) in [5.74, 6) is 0.114. The van der Waals surface area contributed by atoms with Gasteiger partial charge in [-0.05, 0) is 17.7 Å². The molecule has 0 radical (unpaired) electrons. The Bertz CT molecular complexity index is 437. The Morgan fingerprint density at radius 3 is 3.00 bits per heavy atom. The highest BCUT2D eigenvalue weighted by Crippen LogP contribution is 2.13. The first-order valence-electron chi connectivity index (χ1n) is 6.44. The number of amides is 1. The van der Waals surface area contributed by atoms with Crippen LogP contribution in [-0.4, -0.2) is 43.7 Å². The van der Waals surface area contributed by atoms with E-state index in [9.17, 15) is 4.79 Å². The predicted molar refractivity (Wildman–Crippen MR) is 82.4 cm³/mol. The van der Waals surface area contributed by atoms with Crippen LogP contribution in [-0.2, 0) is 16.1 Å². The summed E-state index contributed by atoms with van der Waals surface area (Å²) in [5, 5.41) is 3.98. The number of hydrogen-bond donors (Lipinski definition) is 1. The molecule has 1 amide bonds. The van der Waals surface area contributed by atoms with Crippen molar-refractivity contribution >= 4 is 29.9 Å². The Kier molecular flexibility index (Phi) is 7.30. The Hall–Kier alpha value is -0.810. The predicted octanol–water partition coefficient (Wildman–Crippen LogP) is 2.10. The monoisotopic (exact) mass is 318 g/mol. The molecule has 6 heteroatoms. The van der Waals surface area contributed by atoms with Crippen molar-refractivity contribution in [2.45, 2.75) is 19.0 Å². The summed E-state index contributed by atoms with van der Waals surface area (Å²) in [7, 11) is 1.81. The number of rotatable bonds is 4. The molecule has 0 aromatic heterocycles. The summed E-state index contributed by atoms with van der Waals surface area (Å²) in [4.78, 5) is 13.8. The summed E-state index contributed by atoms with van der Waals surface area (Å²) in [6.07, 6.45) is 0.469. The molecule has 1 atom stereocenters. The van der Waals surface area contributed by atoms with Gasteiger partial charge < -0.3 is 15.0 Å². The maximum Gasteiger partial charge on any atom is 0.224 e. The summed E-state index contributed by atoms with van der Waals surface area (Å²) in [6.45, 7) is 2.72. The van der Waals surface area contributed by atoms with Gasteiger partial charge in [-0.15, -0.1) is 12.4 Å². The normalized spacial score (nSPS) is 18.2. The van der Waals surface area contributed by atoms with Crippen molar-refractivity contribution in [2.24, 2.45) is 0 Å². The minimum absolute atomic E-state index is 0. The zero-order chi connectivity index (χ0) is 13.7. The van der Waals surface area contributed by atoms with Gasteiger partial charge in [0.2, 0.25) is 5.91 Å². The van der Waals surface area contributed by atoms with Gasteiger partial charge in [-0.3, -0.25) is 4.79 Å². The van der Waals surface area contributed by atoms with E-state index in [-0.39, 0.29) is 24.4 Å². The molecule has 1 aromatic carbocycles. The second-order valence-electron chi connectivity index (χ2n) is 4.81. The van der Waals surface area contributed by atoms with E-state index in [1.807, 2.05) is 31.3 Å². The summed E-state index contributed by atoms with van der Waals surface area (Å²) >= 11 is 5.93. The van der Waals surface area contributed by atoms with E-state index >= 15 is 0 Å². The molecule has 1 N–H and O–H groups in total. The SMILES string of the molecule is CN(Cc1cccc(Cl)c1)C(=O)CC1COCCN1.Cl. The zero-order valence-electron chi connectivity index (χ0n) is 11.5. The van der Waals surface area contributed by atoms with E-state index in [4.69, 9.17) is 16.3 Å². The van der Waals surface area contributed by atoms with E-state index in [2.05, 4.69) is 5.32 Å². The number of carbonyl (C=O) groups is 1. The summed E-state index contributed by atoms with van der Waals surface area (Å²) < 4.78 is 5.35. The van der Waals surface area contributed by atoms with Crippen molar-refractivity contribution < 1.29 is 9.53 Å². The van der Waals surface area contributed by atoms with Gasteiger partial charge in [0.15, 0.2) is 0 Å². The van der Waals surface area contributed by atoms with E-state index in [1.165, 1.54) is 0 Å². The number of benzene rings is 1. The third-order valence-corrected chi connectivity index (χ3v) is 3.39. The van der Waals surface area contributed by atoms with Crippen molar-refractivity contribution in [3.63, 3.8) is 0 Å². The first kappa shape index (κ1) is 17.2. The molecular formula is C14H20Cl2N2O2. The Morgan fingerprint density at radius 2 is 2.35 bits per heavy atom. The largest absolute Gasteiger partial charge is 0.378 e. The van der Waals surface area contributed by atoms with Crippen molar-refractivity contribution in [1.82, 2.24) is 10.2 Å². The lowest BCUT2D eigenvalue weighted by Crippen LogP contribution is -2.44. The maximum absolute atomic E-state index is 12.1.